The molecule has 0 unspecified atom stereocenters. The van der Waals surface area contributed by atoms with E-state index in [1.165, 1.54) is 0 Å². The second-order valence-corrected chi connectivity index (χ2v) is 1.27. The maximum Gasteiger partial charge on any atom is 0.410 e. The molecule has 0 aliphatic carbocycles. The minimum atomic E-state index is -0.963. The molecular weight excluding hydrogens is 106 g/mol. The zero-order chi connectivity index (χ0) is 6.57. The Labute approximate surface area is 48.9 Å². The highest BCUT2D eigenvalue weighted by atomic mass is 16.4. The molecular formula is C5H9NO2+. The summed E-state index contributed by atoms with van der Waals surface area (Å²) in [5, 5.41) is 8.22. The zero-order valence-electron chi connectivity index (χ0n) is 4.63. The lowest BCUT2D eigenvalue weighted by Gasteiger charge is -2.08. The van der Waals surface area contributed by atoms with E-state index in [1.54, 1.807) is 0 Å². The first kappa shape index (κ1) is 7.14. The molecule has 0 aliphatic heterocycles. The van der Waals surface area contributed by atoms with E-state index in [9.17, 15) is 4.79 Å². The average Bonchev–Trinajstić information content (AvgIpc) is 1.69. The summed E-state index contributed by atoms with van der Waals surface area (Å²) in [5.41, 5.74) is 0. The Bertz CT molecular complexity index is 78.5. The molecule has 0 saturated carbocycles. The Hall–Kier alpha value is -0.860. The maximum atomic E-state index is 10.0. The summed E-state index contributed by atoms with van der Waals surface area (Å²) in [5.74, 6) is 0. The van der Waals surface area contributed by atoms with Crippen LogP contribution >= 0.6 is 0 Å². The lowest BCUT2D eigenvalue weighted by atomic mass is 10.6. The molecule has 8 heavy (non-hydrogen) atoms. The van der Waals surface area contributed by atoms with Crippen molar-refractivity contribution >= 4 is 6.09 Å². The molecule has 0 saturated heterocycles. The fourth-order valence-electron chi connectivity index (χ4n) is 0.303. The maximum absolute atomic E-state index is 10.0. The van der Waals surface area contributed by atoms with Gasteiger partial charge in [-0.15, -0.1) is 0 Å². The van der Waals surface area contributed by atoms with Crippen LogP contribution in [-0.2, 0) is 0 Å². The van der Waals surface area contributed by atoms with Gasteiger partial charge >= 0.3 is 6.09 Å². The smallest absolute Gasteiger partial charge is 0.410 e. The molecule has 0 bridgehead atoms. The second-order valence-electron chi connectivity index (χ2n) is 1.27. The molecule has 0 aromatic heterocycles. The van der Waals surface area contributed by atoms with Crippen LogP contribution in [0.5, 0.6) is 0 Å². The molecule has 1 radical (unpaired) electrons. The SMILES string of the molecule is [CH2]CN(C[CH2+])C(=O)O. The van der Waals surface area contributed by atoms with Crippen LogP contribution < -0.4 is 0 Å². The number of carboxylic acid groups (broad SMARTS) is 1. The Balaban J connectivity index is 3.52. The topological polar surface area (TPSA) is 40.5 Å². The lowest BCUT2D eigenvalue weighted by Crippen LogP contribution is -2.28. The van der Waals surface area contributed by atoms with Gasteiger partial charge in [0.25, 0.3) is 0 Å². The predicted octanol–water partition coefficient (Wildman–Crippen LogP) is 0.635. The standard InChI is InChI=1S/C5H8NO2/c1-3-6(4-2)5(7)8/h1-4H2/p+1. The average molecular weight is 115 g/mol. The molecule has 0 fully saturated rings. The predicted molar refractivity (Wildman–Crippen MR) is 30.3 cm³/mol. The first-order chi connectivity index (χ1) is 3.72. The first-order valence-corrected chi connectivity index (χ1v) is 2.28. The second kappa shape index (κ2) is 3.18. The van der Waals surface area contributed by atoms with Crippen LogP contribution in [0.25, 0.3) is 0 Å². The molecule has 0 aliphatic rings. The summed E-state index contributed by atoms with van der Waals surface area (Å²) in [4.78, 5) is 11.1. The normalized spacial score (nSPS) is 8.62. The van der Waals surface area contributed by atoms with Crippen LogP contribution in [-0.4, -0.2) is 29.2 Å². The van der Waals surface area contributed by atoms with Crippen LogP contribution in [0.3, 0.4) is 0 Å². The van der Waals surface area contributed by atoms with Crippen molar-refractivity contribution in [3.8, 4) is 0 Å². The summed E-state index contributed by atoms with van der Waals surface area (Å²) < 4.78 is 0. The van der Waals surface area contributed by atoms with Gasteiger partial charge in [0.2, 0.25) is 0 Å². The molecule has 0 heterocycles. The van der Waals surface area contributed by atoms with Crippen LogP contribution in [0.1, 0.15) is 0 Å². The highest BCUT2D eigenvalue weighted by Crippen LogP contribution is 1.84. The fraction of sp³-hybridized carbons (Fsp3) is 0.400. The first-order valence-electron chi connectivity index (χ1n) is 2.28. The lowest BCUT2D eigenvalue weighted by molar-refractivity contribution is 0.155. The van der Waals surface area contributed by atoms with Crippen molar-refractivity contribution in [2.75, 3.05) is 13.1 Å². The van der Waals surface area contributed by atoms with Crippen LogP contribution in [0.4, 0.5) is 4.79 Å². The van der Waals surface area contributed by atoms with Gasteiger partial charge in [0, 0.05) is 6.54 Å². The highest BCUT2D eigenvalue weighted by Gasteiger charge is 2.06. The van der Waals surface area contributed by atoms with E-state index in [0.717, 1.165) is 4.90 Å². The van der Waals surface area contributed by atoms with Crippen molar-refractivity contribution in [3.05, 3.63) is 13.8 Å². The van der Waals surface area contributed by atoms with Crippen molar-refractivity contribution in [2.45, 2.75) is 0 Å². The number of carbonyl (C=O) groups is 1. The van der Waals surface area contributed by atoms with E-state index >= 15 is 0 Å². The van der Waals surface area contributed by atoms with E-state index in [4.69, 9.17) is 5.11 Å². The van der Waals surface area contributed by atoms with Gasteiger partial charge in [0.15, 0.2) is 6.54 Å². The molecule has 3 nitrogen and oxygen atoms in total. The molecule has 0 atom stereocenters. The van der Waals surface area contributed by atoms with Gasteiger partial charge < -0.3 is 5.11 Å². The monoisotopic (exact) mass is 115 g/mol. The Morgan fingerprint density at radius 3 is 2.38 bits per heavy atom. The van der Waals surface area contributed by atoms with Gasteiger partial charge in [-0.3, -0.25) is 4.90 Å². The molecule has 45 valence electrons. The summed E-state index contributed by atoms with van der Waals surface area (Å²) in [6.07, 6.45) is -0.963. The molecule has 0 aromatic carbocycles. The van der Waals surface area contributed by atoms with Crippen molar-refractivity contribution in [1.82, 2.24) is 4.90 Å². The third-order valence-corrected chi connectivity index (χ3v) is 0.810. The van der Waals surface area contributed by atoms with E-state index in [0.29, 0.717) is 0 Å². The molecule has 0 spiro atoms. The van der Waals surface area contributed by atoms with Gasteiger partial charge in [-0.1, -0.05) is 0 Å². The van der Waals surface area contributed by atoms with Gasteiger partial charge in [0.1, 0.15) is 0 Å². The molecule has 0 rings (SSSR count). The summed E-state index contributed by atoms with van der Waals surface area (Å²) in [7, 11) is 0. The number of rotatable bonds is 2. The van der Waals surface area contributed by atoms with E-state index in [2.05, 4.69) is 13.8 Å². The number of hydrogen-bond acceptors (Lipinski definition) is 1. The van der Waals surface area contributed by atoms with Crippen molar-refractivity contribution in [1.29, 1.82) is 0 Å². The summed E-state index contributed by atoms with van der Waals surface area (Å²) in [6.45, 7) is 7.29. The van der Waals surface area contributed by atoms with Crippen LogP contribution in [0, 0.1) is 13.8 Å². The molecule has 0 aromatic rings. The van der Waals surface area contributed by atoms with Crippen molar-refractivity contribution in [2.24, 2.45) is 0 Å². The zero-order valence-corrected chi connectivity index (χ0v) is 4.63. The third kappa shape index (κ3) is 1.73. The minimum absolute atomic E-state index is 0.263. The van der Waals surface area contributed by atoms with Gasteiger partial charge in [-0.05, 0) is 6.92 Å². The largest absolute Gasteiger partial charge is 0.465 e. The third-order valence-electron chi connectivity index (χ3n) is 0.810. The Morgan fingerprint density at radius 2 is 2.38 bits per heavy atom. The highest BCUT2D eigenvalue weighted by molar-refractivity contribution is 5.64. The summed E-state index contributed by atoms with van der Waals surface area (Å²) >= 11 is 0. The van der Waals surface area contributed by atoms with Gasteiger partial charge in [-0.2, -0.15) is 0 Å². The summed E-state index contributed by atoms with van der Waals surface area (Å²) in [6, 6.07) is 0. The van der Waals surface area contributed by atoms with E-state index in [1.807, 2.05) is 0 Å². The van der Waals surface area contributed by atoms with Crippen molar-refractivity contribution < 1.29 is 9.90 Å². The fourth-order valence-corrected chi connectivity index (χ4v) is 0.303. The number of amides is 1. The van der Waals surface area contributed by atoms with Gasteiger partial charge in [-0.25, -0.2) is 4.79 Å². The van der Waals surface area contributed by atoms with E-state index < -0.39 is 6.09 Å². The Kier molecular flexibility index (Phi) is 2.84. The van der Waals surface area contributed by atoms with Gasteiger partial charge in [0.05, 0.1) is 6.92 Å². The number of nitrogens with zero attached hydrogens (tertiary/aromatic N) is 1. The molecule has 3 heteroatoms. The Morgan fingerprint density at radius 1 is 1.88 bits per heavy atom. The molecule has 1 N–H and O–H groups in total. The van der Waals surface area contributed by atoms with Crippen LogP contribution in [0.15, 0.2) is 0 Å². The minimum Gasteiger partial charge on any atom is -0.465 e. The van der Waals surface area contributed by atoms with E-state index in [-0.39, 0.29) is 13.1 Å². The van der Waals surface area contributed by atoms with Crippen molar-refractivity contribution in [3.63, 3.8) is 0 Å². The molecule has 1 amide bonds. The number of hydrogen-bond donors (Lipinski definition) is 1. The van der Waals surface area contributed by atoms with Crippen LogP contribution in [0.2, 0.25) is 0 Å². The quantitative estimate of drug-likeness (QED) is 0.536.